The molecule has 3 aromatic heterocycles. The molecule has 10 nitrogen and oxygen atoms in total. The van der Waals surface area contributed by atoms with Crippen LogP contribution in [-0.2, 0) is 30.7 Å². The number of aromatic nitrogens is 4. The third kappa shape index (κ3) is 4.38. The number of nitrogens with zero attached hydrogens (tertiary/aromatic N) is 5. The maximum Gasteiger partial charge on any atom is 0.346 e. The van der Waals surface area contributed by atoms with Gasteiger partial charge in [0.05, 0.1) is 24.7 Å². The van der Waals surface area contributed by atoms with Crippen molar-refractivity contribution in [1.29, 1.82) is 0 Å². The SMILES string of the molecule is Cn1ccc([C@]2(C)Oc3cccc(C4CCN(Cc5nc6sc(C(=O)O)cc6n5C[C@@H]5CCO5)CC4)c3O2)n1. The van der Waals surface area contributed by atoms with Gasteiger partial charge >= 0.3 is 5.97 Å². The number of imidazole rings is 1. The number of aryl methyl sites for hydroxylation is 1. The lowest BCUT2D eigenvalue weighted by Gasteiger charge is -2.33. The second-order valence-electron chi connectivity index (χ2n) is 10.8. The van der Waals surface area contributed by atoms with Crippen molar-refractivity contribution < 1.29 is 24.1 Å². The predicted molar refractivity (Wildman–Crippen MR) is 144 cm³/mol. The van der Waals surface area contributed by atoms with Gasteiger partial charge in [-0.15, -0.1) is 11.3 Å². The Kier molecular flexibility index (Phi) is 5.91. The molecule has 0 unspecified atom stereocenters. The van der Waals surface area contributed by atoms with Gasteiger partial charge in [0.1, 0.15) is 21.2 Å². The van der Waals surface area contributed by atoms with Gasteiger partial charge in [0.25, 0.3) is 5.79 Å². The smallest absolute Gasteiger partial charge is 0.346 e. The summed E-state index contributed by atoms with van der Waals surface area (Å²) in [5, 5.41) is 14.0. The summed E-state index contributed by atoms with van der Waals surface area (Å²) >= 11 is 1.24. The van der Waals surface area contributed by atoms with Gasteiger partial charge in [0.2, 0.25) is 0 Å². The van der Waals surface area contributed by atoms with Crippen molar-refractivity contribution in [1.82, 2.24) is 24.2 Å². The van der Waals surface area contributed by atoms with Crippen LogP contribution in [0.3, 0.4) is 0 Å². The van der Waals surface area contributed by atoms with E-state index in [-0.39, 0.29) is 6.10 Å². The quantitative estimate of drug-likeness (QED) is 0.363. The first-order valence-electron chi connectivity index (χ1n) is 13.4. The van der Waals surface area contributed by atoms with E-state index in [0.29, 0.717) is 17.3 Å². The molecule has 2 saturated heterocycles. The predicted octanol–water partition coefficient (Wildman–Crippen LogP) is 4.34. The molecule has 0 bridgehead atoms. The fourth-order valence-electron chi connectivity index (χ4n) is 5.86. The summed E-state index contributed by atoms with van der Waals surface area (Å²) in [7, 11) is 1.89. The Morgan fingerprint density at radius 3 is 2.72 bits per heavy atom. The summed E-state index contributed by atoms with van der Waals surface area (Å²) < 4.78 is 22.3. The molecule has 3 aliphatic rings. The molecule has 204 valence electrons. The van der Waals surface area contributed by atoms with Gasteiger partial charge in [-0.05, 0) is 56.5 Å². The number of rotatable bonds is 7. The van der Waals surface area contributed by atoms with Crippen LogP contribution in [0, 0.1) is 0 Å². The van der Waals surface area contributed by atoms with E-state index in [0.717, 1.165) is 78.9 Å². The molecule has 2 fully saturated rings. The minimum Gasteiger partial charge on any atom is -0.477 e. The maximum atomic E-state index is 11.5. The number of carboxylic acid groups (broad SMARTS) is 1. The highest BCUT2D eigenvalue weighted by atomic mass is 32.1. The maximum absolute atomic E-state index is 11.5. The molecular formula is C28H31N5O5S. The van der Waals surface area contributed by atoms with E-state index in [1.165, 1.54) is 16.9 Å². The summed E-state index contributed by atoms with van der Waals surface area (Å²) in [5.41, 5.74) is 2.84. The van der Waals surface area contributed by atoms with Crippen LogP contribution in [0.25, 0.3) is 10.3 Å². The fourth-order valence-corrected chi connectivity index (χ4v) is 6.75. The first-order valence-corrected chi connectivity index (χ1v) is 14.3. The Balaban J connectivity index is 1.06. The van der Waals surface area contributed by atoms with E-state index in [1.807, 2.05) is 38.4 Å². The molecule has 2 atom stereocenters. The molecule has 0 aliphatic carbocycles. The lowest BCUT2D eigenvalue weighted by atomic mass is 9.88. The average molecular weight is 550 g/mol. The molecule has 3 aliphatic heterocycles. The van der Waals surface area contributed by atoms with E-state index in [4.69, 9.17) is 19.2 Å². The van der Waals surface area contributed by atoms with Gasteiger partial charge in [0, 0.05) is 32.3 Å². The number of piperidine rings is 1. The molecular weight excluding hydrogens is 518 g/mol. The van der Waals surface area contributed by atoms with E-state index in [2.05, 4.69) is 20.6 Å². The zero-order valence-corrected chi connectivity index (χ0v) is 22.8. The summed E-state index contributed by atoms with van der Waals surface area (Å²) in [5.74, 6) is 1.10. The number of para-hydroxylation sites is 1. The van der Waals surface area contributed by atoms with Gasteiger partial charge in [0.15, 0.2) is 11.5 Å². The normalized spacial score (nSPS) is 23.4. The molecule has 6 heterocycles. The van der Waals surface area contributed by atoms with Crippen LogP contribution in [0.15, 0.2) is 36.5 Å². The number of benzene rings is 1. The summed E-state index contributed by atoms with van der Waals surface area (Å²) in [6, 6.07) is 9.85. The topological polar surface area (TPSA) is 104 Å². The number of aromatic carboxylic acids is 1. The Morgan fingerprint density at radius 1 is 1.21 bits per heavy atom. The highest BCUT2D eigenvalue weighted by molar-refractivity contribution is 7.20. The van der Waals surface area contributed by atoms with E-state index >= 15 is 0 Å². The van der Waals surface area contributed by atoms with Crippen LogP contribution in [0.4, 0.5) is 0 Å². The van der Waals surface area contributed by atoms with Crippen LogP contribution >= 0.6 is 11.3 Å². The minimum atomic E-state index is -0.936. The zero-order valence-electron chi connectivity index (χ0n) is 22.0. The molecule has 11 heteroatoms. The number of likely N-dealkylation sites (tertiary alicyclic amines) is 1. The molecule has 7 rings (SSSR count). The van der Waals surface area contributed by atoms with Gasteiger partial charge < -0.3 is 23.9 Å². The second-order valence-corrected chi connectivity index (χ2v) is 11.8. The van der Waals surface area contributed by atoms with Gasteiger partial charge in [-0.2, -0.15) is 5.10 Å². The molecule has 4 aromatic rings. The molecule has 39 heavy (non-hydrogen) atoms. The monoisotopic (exact) mass is 549 g/mol. The summed E-state index contributed by atoms with van der Waals surface area (Å²) in [6.45, 7) is 6.02. The Hall–Kier alpha value is -3.41. The molecule has 0 saturated carbocycles. The lowest BCUT2D eigenvalue weighted by Crippen LogP contribution is -2.35. The van der Waals surface area contributed by atoms with E-state index < -0.39 is 11.8 Å². The van der Waals surface area contributed by atoms with E-state index in [1.54, 1.807) is 10.7 Å². The van der Waals surface area contributed by atoms with Crippen molar-refractivity contribution in [3.05, 3.63) is 58.5 Å². The number of carboxylic acids is 1. The third-order valence-electron chi connectivity index (χ3n) is 8.10. The molecule has 0 spiro atoms. The van der Waals surface area contributed by atoms with Gasteiger partial charge in [-0.25, -0.2) is 9.78 Å². The third-order valence-corrected chi connectivity index (χ3v) is 9.11. The van der Waals surface area contributed by atoms with Crippen molar-refractivity contribution in [2.45, 2.75) is 57.1 Å². The summed E-state index contributed by atoms with van der Waals surface area (Å²) in [6.07, 6.45) is 5.09. The van der Waals surface area contributed by atoms with Gasteiger partial charge in [-0.3, -0.25) is 9.58 Å². The number of hydrogen-bond donors (Lipinski definition) is 1. The van der Waals surface area contributed by atoms with Crippen molar-refractivity contribution in [2.24, 2.45) is 7.05 Å². The highest BCUT2D eigenvalue weighted by Crippen LogP contribution is 2.49. The standard InChI is InChI=1S/C28H31N5O5S/c1-28(23-8-10-31(2)30-23)37-21-5-3-4-19(25(21)38-28)17-6-11-32(12-7-17)16-24-29-26-20(14-22(39-26)27(34)35)33(24)15-18-9-13-36-18/h3-5,8,10,14,17-18H,6-7,9,11-13,15-16H2,1-2H3,(H,34,35)/t18-,28+/m0/s1. The molecule has 0 radical (unpaired) electrons. The molecule has 1 aromatic carbocycles. The number of carbonyl (C=O) groups is 1. The van der Waals surface area contributed by atoms with Crippen LogP contribution in [0.2, 0.25) is 0 Å². The Morgan fingerprint density at radius 2 is 2.03 bits per heavy atom. The van der Waals surface area contributed by atoms with Crippen molar-refractivity contribution in [2.75, 3.05) is 19.7 Å². The first-order chi connectivity index (χ1) is 18.9. The number of ether oxygens (including phenoxy) is 3. The number of thiophene rings is 1. The van der Waals surface area contributed by atoms with Gasteiger partial charge in [-0.1, -0.05) is 12.1 Å². The number of hydrogen-bond acceptors (Lipinski definition) is 8. The van der Waals surface area contributed by atoms with E-state index in [9.17, 15) is 9.90 Å². The van der Waals surface area contributed by atoms with Crippen molar-refractivity contribution in [3.63, 3.8) is 0 Å². The average Bonchev–Trinajstić information content (AvgIpc) is 3.64. The summed E-state index contributed by atoms with van der Waals surface area (Å²) in [4.78, 5) is 19.9. The van der Waals surface area contributed by atoms with Crippen LogP contribution in [0.1, 0.15) is 58.9 Å². The first kappa shape index (κ1) is 24.6. The largest absolute Gasteiger partial charge is 0.477 e. The molecule has 1 N–H and O–H groups in total. The lowest BCUT2D eigenvalue weighted by molar-refractivity contribution is -0.0726. The van der Waals surface area contributed by atoms with Crippen LogP contribution < -0.4 is 9.47 Å². The van der Waals surface area contributed by atoms with Crippen molar-refractivity contribution >= 4 is 27.7 Å². The molecule has 0 amide bonds. The second kappa shape index (κ2) is 9.35. The highest BCUT2D eigenvalue weighted by Gasteiger charge is 2.43. The minimum absolute atomic E-state index is 0.166. The van der Waals surface area contributed by atoms with Crippen LogP contribution in [-0.4, -0.2) is 61.1 Å². The fraction of sp³-hybridized carbons (Fsp3) is 0.464. The number of fused-ring (bicyclic) bond motifs is 2. The Labute approximate surface area is 229 Å². The Bertz CT molecular complexity index is 1550. The van der Waals surface area contributed by atoms with Crippen molar-refractivity contribution in [3.8, 4) is 11.5 Å². The zero-order chi connectivity index (χ0) is 26.7. The van der Waals surface area contributed by atoms with Crippen LogP contribution in [0.5, 0.6) is 11.5 Å².